The third-order valence-corrected chi connectivity index (χ3v) is 8.05. The molecular formula is C24H24N4O2S2. The first-order valence-corrected chi connectivity index (χ1v) is 12.5. The monoisotopic (exact) mass is 464 g/mol. The highest BCUT2D eigenvalue weighted by Crippen LogP contribution is 2.30. The van der Waals surface area contributed by atoms with Gasteiger partial charge >= 0.3 is 0 Å². The Morgan fingerprint density at radius 1 is 0.719 bits per heavy atom. The smallest absolute Gasteiger partial charge is 0.223 e. The SMILES string of the molecule is O=C(NCc1nc2ccccc2s1)C1CCC(C(=O)NCc2nc3ccccc3s2)CC1. The van der Waals surface area contributed by atoms with E-state index in [2.05, 4.69) is 20.6 Å². The molecule has 32 heavy (non-hydrogen) atoms. The van der Waals surface area contributed by atoms with E-state index in [1.165, 1.54) is 0 Å². The lowest BCUT2D eigenvalue weighted by Crippen LogP contribution is -2.37. The van der Waals surface area contributed by atoms with Crippen LogP contribution in [0.5, 0.6) is 0 Å². The number of benzene rings is 2. The van der Waals surface area contributed by atoms with Crippen LogP contribution in [0.4, 0.5) is 0 Å². The van der Waals surface area contributed by atoms with Crippen molar-refractivity contribution in [3.63, 3.8) is 0 Å². The Morgan fingerprint density at radius 2 is 1.12 bits per heavy atom. The predicted molar refractivity (Wildman–Crippen MR) is 128 cm³/mol. The average Bonchev–Trinajstić information content (AvgIpc) is 3.44. The van der Waals surface area contributed by atoms with Crippen LogP contribution in [0.3, 0.4) is 0 Å². The minimum atomic E-state index is -0.0299. The lowest BCUT2D eigenvalue weighted by molar-refractivity contribution is -0.130. The molecule has 2 heterocycles. The van der Waals surface area contributed by atoms with Gasteiger partial charge in [0.25, 0.3) is 0 Å². The van der Waals surface area contributed by atoms with Gasteiger partial charge in [0.05, 0.1) is 33.5 Å². The molecule has 8 heteroatoms. The number of thiazole rings is 2. The molecule has 0 unspecified atom stereocenters. The minimum Gasteiger partial charge on any atom is -0.349 e. The highest BCUT2D eigenvalue weighted by atomic mass is 32.1. The highest BCUT2D eigenvalue weighted by molar-refractivity contribution is 7.18. The van der Waals surface area contributed by atoms with E-state index in [9.17, 15) is 9.59 Å². The second-order valence-electron chi connectivity index (χ2n) is 8.13. The fourth-order valence-electron chi connectivity index (χ4n) is 4.22. The highest BCUT2D eigenvalue weighted by Gasteiger charge is 2.30. The molecule has 1 fully saturated rings. The summed E-state index contributed by atoms with van der Waals surface area (Å²) in [6.45, 7) is 0.918. The van der Waals surface area contributed by atoms with Crippen molar-refractivity contribution in [3.8, 4) is 0 Å². The van der Waals surface area contributed by atoms with Gasteiger partial charge in [-0.25, -0.2) is 9.97 Å². The van der Waals surface area contributed by atoms with Crippen molar-refractivity contribution in [1.82, 2.24) is 20.6 Å². The second kappa shape index (κ2) is 9.34. The van der Waals surface area contributed by atoms with Crippen LogP contribution in [0.1, 0.15) is 35.7 Å². The summed E-state index contributed by atoms with van der Waals surface area (Å²) in [7, 11) is 0. The number of hydrogen-bond acceptors (Lipinski definition) is 6. The Labute approximate surface area is 194 Å². The van der Waals surface area contributed by atoms with Crippen molar-refractivity contribution in [2.45, 2.75) is 38.8 Å². The molecule has 2 N–H and O–H groups in total. The van der Waals surface area contributed by atoms with Crippen LogP contribution < -0.4 is 10.6 Å². The van der Waals surface area contributed by atoms with Crippen LogP contribution in [0.15, 0.2) is 48.5 Å². The summed E-state index contributed by atoms with van der Waals surface area (Å²) in [5, 5.41) is 7.91. The van der Waals surface area contributed by atoms with Gasteiger partial charge in [0.2, 0.25) is 11.8 Å². The van der Waals surface area contributed by atoms with Crippen LogP contribution in [-0.2, 0) is 22.7 Å². The number of nitrogens with zero attached hydrogens (tertiary/aromatic N) is 2. The number of fused-ring (bicyclic) bond motifs is 2. The maximum Gasteiger partial charge on any atom is 0.223 e. The van der Waals surface area contributed by atoms with E-state index in [0.717, 1.165) is 56.1 Å². The van der Waals surface area contributed by atoms with Gasteiger partial charge < -0.3 is 10.6 Å². The standard InChI is InChI=1S/C24H24N4O2S2/c29-23(25-13-21-27-17-5-1-3-7-19(17)31-21)15-9-11-16(12-10-15)24(30)26-14-22-28-18-6-2-4-8-20(18)32-22/h1-8,15-16H,9-14H2,(H,25,29)(H,26,30). The fraction of sp³-hybridized carbons (Fsp3) is 0.333. The molecule has 0 radical (unpaired) electrons. The van der Waals surface area contributed by atoms with Crippen LogP contribution in [0.2, 0.25) is 0 Å². The maximum absolute atomic E-state index is 12.6. The second-order valence-corrected chi connectivity index (χ2v) is 10.4. The number of nitrogens with one attached hydrogen (secondary N) is 2. The van der Waals surface area contributed by atoms with Gasteiger partial charge in [0.1, 0.15) is 10.0 Å². The molecule has 0 bridgehead atoms. The number of aromatic nitrogens is 2. The van der Waals surface area contributed by atoms with Crippen LogP contribution in [0, 0.1) is 11.8 Å². The molecule has 1 aliphatic carbocycles. The zero-order valence-corrected chi connectivity index (χ0v) is 19.2. The van der Waals surface area contributed by atoms with Crippen molar-refractivity contribution in [2.24, 2.45) is 11.8 Å². The molecule has 0 spiro atoms. The summed E-state index contributed by atoms with van der Waals surface area (Å²) in [5.74, 6) is 0.0746. The first-order chi connectivity index (χ1) is 15.7. The number of carbonyl (C=O) groups is 2. The quantitative estimate of drug-likeness (QED) is 0.435. The molecule has 0 atom stereocenters. The van der Waals surface area contributed by atoms with E-state index in [1.807, 2.05) is 48.5 Å². The molecule has 6 nitrogen and oxygen atoms in total. The lowest BCUT2D eigenvalue weighted by atomic mass is 9.81. The maximum atomic E-state index is 12.6. The average molecular weight is 465 g/mol. The molecule has 1 aliphatic rings. The summed E-state index contributed by atoms with van der Waals surface area (Å²) in [5.41, 5.74) is 1.94. The number of para-hydroxylation sites is 2. The predicted octanol–water partition coefficient (Wildman–Crippen LogP) is 4.65. The summed E-state index contributed by atoms with van der Waals surface area (Å²) >= 11 is 3.22. The zero-order valence-electron chi connectivity index (χ0n) is 17.5. The zero-order chi connectivity index (χ0) is 21.9. The largest absolute Gasteiger partial charge is 0.349 e. The number of rotatable bonds is 6. The summed E-state index contributed by atoms with van der Waals surface area (Å²) < 4.78 is 2.27. The third-order valence-electron chi connectivity index (χ3n) is 5.97. The number of amides is 2. The Balaban J connectivity index is 1.07. The summed E-state index contributed by atoms with van der Waals surface area (Å²) in [4.78, 5) is 34.4. The molecule has 1 saturated carbocycles. The van der Waals surface area contributed by atoms with Gasteiger partial charge in [0.15, 0.2) is 0 Å². The molecule has 2 aromatic heterocycles. The Morgan fingerprint density at radius 3 is 1.53 bits per heavy atom. The van der Waals surface area contributed by atoms with Crippen molar-refractivity contribution in [1.29, 1.82) is 0 Å². The normalized spacial score (nSPS) is 18.6. The van der Waals surface area contributed by atoms with E-state index < -0.39 is 0 Å². The van der Waals surface area contributed by atoms with Gasteiger partial charge in [-0.1, -0.05) is 24.3 Å². The van der Waals surface area contributed by atoms with Gasteiger partial charge in [-0.15, -0.1) is 22.7 Å². The van der Waals surface area contributed by atoms with Gasteiger partial charge in [-0.3, -0.25) is 9.59 Å². The van der Waals surface area contributed by atoms with Crippen LogP contribution in [0.25, 0.3) is 20.4 Å². The van der Waals surface area contributed by atoms with Gasteiger partial charge in [-0.2, -0.15) is 0 Å². The topological polar surface area (TPSA) is 84.0 Å². The molecule has 2 aromatic carbocycles. The third kappa shape index (κ3) is 4.66. The summed E-state index contributed by atoms with van der Waals surface area (Å²) in [6, 6.07) is 16.0. The number of hydrogen-bond donors (Lipinski definition) is 2. The van der Waals surface area contributed by atoms with Crippen LogP contribution in [-0.4, -0.2) is 21.8 Å². The van der Waals surface area contributed by atoms with E-state index in [4.69, 9.17) is 0 Å². The first-order valence-electron chi connectivity index (χ1n) is 10.9. The Hall–Kier alpha value is -2.84. The molecule has 2 amide bonds. The molecule has 0 aliphatic heterocycles. The summed E-state index contributed by atoms with van der Waals surface area (Å²) in [6.07, 6.45) is 2.96. The minimum absolute atomic E-state index is 0.0299. The Kier molecular flexibility index (Phi) is 6.14. The van der Waals surface area contributed by atoms with E-state index in [-0.39, 0.29) is 23.7 Å². The van der Waals surface area contributed by atoms with Crippen molar-refractivity contribution in [2.75, 3.05) is 0 Å². The van der Waals surface area contributed by atoms with E-state index >= 15 is 0 Å². The first kappa shape index (κ1) is 21.0. The molecule has 4 aromatic rings. The fourth-order valence-corrected chi connectivity index (χ4v) is 6.04. The molecule has 5 rings (SSSR count). The van der Waals surface area contributed by atoms with Crippen molar-refractivity contribution in [3.05, 3.63) is 58.5 Å². The lowest BCUT2D eigenvalue weighted by Gasteiger charge is -2.26. The Bertz CT molecular complexity index is 1090. The molecular weight excluding hydrogens is 440 g/mol. The molecule has 0 saturated heterocycles. The van der Waals surface area contributed by atoms with Crippen molar-refractivity contribution >= 4 is 54.9 Å². The van der Waals surface area contributed by atoms with Gasteiger partial charge in [0, 0.05) is 11.8 Å². The van der Waals surface area contributed by atoms with Crippen LogP contribution >= 0.6 is 22.7 Å². The van der Waals surface area contributed by atoms with E-state index in [0.29, 0.717) is 13.1 Å². The molecule has 164 valence electrons. The van der Waals surface area contributed by atoms with Crippen molar-refractivity contribution < 1.29 is 9.59 Å². The number of carbonyl (C=O) groups excluding carboxylic acids is 2. The van der Waals surface area contributed by atoms with E-state index in [1.54, 1.807) is 22.7 Å². The van der Waals surface area contributed by atoms with Gasteiger partial charge in [-0.05, 0) is 49.9 Å².